The van der Waals surface area contributed by atoms with Crippen LogP contribution in [0, 0.1) is 0 Å². The van der Waals surface area contributed by atoms with E-state index in [0.717, 1.165) is 10.4 Å². The number of carbonyl (C=O) groups is 3. The van der Waals surface area contributed by atoms with Crippen LogP contribution in [0.15, 0.2) is 47.8 Å². The van der Waals surface area contributed by atoms with E-state index in [1.807, 2.05) is 52.7 Å². The molecule has 0 spiro atoms. The molecule has 8 heteroatoms. The molecule has 2 N–H and O–H groups in total. The second-order valence-corrected chi connectivity index (χ2v) is 7.21. The van der Waals surface area contributed by atoms with Gasteiger partial charge in [-0.15, -0.1) is 11.3 Å². The molecule has 0 unspecified atom stereocenters. The zero-order valence-corrected chi connectivity index (χ0v) is 15.7. The molecule has 1 fully saturated rings. The van der Waals surface area contributed by atoms with Gasteiger partial charge in [0.15, 0.2) is 0 Å². The van der Waals surface area contributed by atoms with E-state index >= 15 is 0 Å². The summed E-state index contributed by atoms with van der Waals surface area (Å²) >= 11 is 1.43. The Hall–Kier alpha value is -2.71. The number of benzene rings is 1. The number of rotatable bonds is 5. The zero-order chi connectivity index (χ0) is 19.1. The lowest BCUT2D eigenvalue weighted by molar-refractivity contribution is -0.121. The van der Waals surface area contributed by atoms with Gasteiger partial charge in [-0.3, -0.25) is 19.8 Å². The molecule has 0 bridgehead atoms. The number of urea groups is 1. The molecule has 2 heterocycles. The molecule has 142 valence electrons. The van der Waals surface area contributed by atoms with E-state index in [1.54, 1.807) is 4.90 Å². The van der Waals surface area contributed by atoms with Gasteiger partial charge in [0.25, 0.3) is 5.91 Å². The maximum Gasteiger partial charge on any atom is 0.321 e. The number of piperazine rings is 1. The molecule has 1 saturated heterocycles. The average Bonchev–Trinajstić information content (AvgIpc) is 3.22. The number of imide groups is 1. The monoisotopic (exact) mass is 386 g/mol. The Bertz CT molecular complexity index is 772. The van der Waals surface area contributed by atoms with Crippen molar-refractivity contribution < 1.29 is 14.4 Å². The maximum absolute atomic E-state index is 12.3. The fraction of sp³-hybridized carbons (Fsp3) is 0.316. The third-order valence-electron chi connectivity index (χ3n) is 4.31. The first kappa shape index (κ1) is 19.1. The van der Waals surface area contributed by atoms with Crippen molar-refractivity contribution in [2.75, 3.05) is 32.7 Å². The maximum atomic E-state index is 12.3. The molecule has 1 aliphatic rings. The highest BCUT2D eigenvalue weighted by Gasteiger charge is 2.24. The minimum Gasteiger partial charge on any atom is -0.335 e. The lowest BCUT2D eigenvalue weighted by Crippen LogP contribution is -2.52. The molecular weight excluding hydrogens is 364 g/mol. The first-order chi connectivity index (χ1) is 13.1. The summed E-state index contributed by atoms with van der Waals surface area (Å²) in [6.45, 7) is 2.87. The van der Waals surface area contributed by atoms with Crippen LogP contribution in [0.4, 0.5) is 4.79 Å². The smallest absolute Gasteiger partial charge is 0.321 e. The van der Waals surface area contributed by atoms with Crippen LogP contribution in [0.5, 0.6) is 0 Å². The molecule has 27 heavy (non-hydrogen) atoms. The standard InChI is InChI=1S/C19H22N4O3S/c24-17(21-19(26)20-13-15-5-2-1-3-6-15)14-22-8-10-23(11-9-22)18(25)16-7-4-12-27-16/h1-7,12H,8-11,13-14H2,(H2,20,21,24,26). The molecule has 1 aromatic heterocycles. The van der Waals surface area contributed by atoms with Crippen molar-refractivity contribution in [1.29, 1.82) is 0 Å². The van der Waals surface area contributed by atoms with Gasteiger partial charge in [0, 0.05) is 32.7 Å². The highest BCUT2D eigenvalue weighted by atomic mass is 32.1. The van der Waals surface area contributed by atoms with E-state index < -0.39 is 6.03 Å². The normalized spacial score (nSPS) is 14.6. The lowest BCUT2D eigenvalue weighted by Gasteiger charge is -2.34. The molecular formula is C19H22N4O3S. The average molecular weight is 386 g/mol. The summed E-state index contributed by atoms with van der Waals surface area (Å²) in [7, 11) is 0. The Morgan fingerprint density at radius 3 is 2.37 bits per heavy atom. The van der Waals surface area contributed by atoms with Crippen LogP contribution in [0.2, 0.25) is 0 Å². The molecule has 4 amide bonds. The SMILES string of the molecule is O=C(CN1CCN(C(=O)c2cccs2)CC1)NC(=O)NCc1ccccc1. The summed E-state index contributed by atoms with van der Waals surface area (Å²) in [6.07, 6.45) is 0. The number of carbonyl (C=O) groups excluding carboxylic acids is 3. The minimum absolute atomic E-state index is 0.0365. The first-order valence-electron chi connectivity index (χ1n) is 8.78. The number of hydrogen-bond donors (Lipinski definition) is 2. The Balaban J connectivity index is 1.36. The molecule has 0 atom stereocenters. The topological polar surface area (TPSA) is 81.8 Å². The predicted molar refractivity (Wildman–Crippen MR) is 103 cm³/mol. The summed E-state index contributed by atoms with van der Waals surface area (Å²) < 4.78 is 0. The number of amides is 4. The van der Waals surface area contributed by atoms with Gasteiger partial charge in [-0.25, -0.2) is 4.79 Å². The van der Waals surface area contributed by atoms with Crippen LogP contribution >= 0.6 is 11.3 Å². The van der Waals surface area contributed by atoms with Crippen LogP contribution < -0.4 is 10.6 Å². The van der Waals surface area contributed by atoms with E-state index in [9.17, 15) is 14.4 Å². The minimum atomic E-state index is -0.504. The van der Waals surface area contributed by atoms with Gasteiger partial charge in [0.2, 0.25) is 5.91 Å². The quantitative estimate of drug-likeness (QED) is 0.817. The van der Waals surface area contributed by atoms with Gasteiger partial charge in [-0.1, -0.05) is 36.4 Å². The molecule has 1 aliphatic heterocycles. The molecule has 1 aromatic carbocycles. The van der Waals surface area contributed by atoms with Crippen molar-refractivity contribution in [3.63, 3.8) is 0 Å². The molecule has 0 aliphatic carbocycles. The van der Waals surface area contributed by atoms with Gasteiger partial charge in [0.1, 0.15) is 0 Å². The third-order valence-corrected chi connectivity index (χ3v) is 5.17. The highest BCUT2D eigenvalue weighted by molar-refractivity contribution is 7.12. The second-order valence-electron chi connectivity index (χ2n) is 6.26. The summed E-state index contributed by atoms with van der Waals surface area (Å²) in [5.74, 6) is -0.312. The van der Waals surface area contributed by atoms with Gasteiger partial charge < -0.3 is 10.2 Å². The van der Waals surface area contributed by atoms with Crippen molar-refractivity contribution in [2.24, 2.45) is 0 Å². The zero-order valence-electron chi connectivity index (χ0n) is 14.9. The third kappa shape index (κ3) is 5.63. The Morgan fingerprint density at radius 1 is 0.963 bits per heavy atom. The van der Waals surface area contributed by atoms with Crippen LogP contribution in [0.25, 0.3) is 0 Å². The van der Waals surface area contributed by atoms with Crippen molar-refractivity contribution >= 4 is 29.2 Å². The van der Waals surface area contributed by atoms with Gasteiger partial charge >= 0.3 is 6.03 Å². The van der Waals surface area contributed by atoms with E-state index in [2.05, 4.69) is 10.6 Å². The number of nitrogens with one attached hydrogen (secondary N) is 2. The highest BCUT2D eigenvalue weighted by Crippen LogP contribution is 2.13. The number of hydrogen-bond acceptors (Lipinski definition) is 5. The van der Waals surface area contributed by atoms with E-state index in [0.29, 0.717) is 32.7 Å². The number of thiophene rings is 1. The van der Waals surface area contributed by atoms with Crippen molar-refractivity contribution in [2.45, 2.75) is 6.54 Å². The number of nitrogens with zero attached hydrogens (tertiary/aromatic N) is 2. The first-order valence-corrected chi connectivity index (χ1v) is 9.66. The van der Waals surface area contributed by atoms with E-state index in [4.69, 9.17) is 0 Å². The van der Waals surface area contributed by atoms with E-state index in [1.165, 1.54) is 11.3 Å². The van der Waals surface area contributed by atoms with Crippen molar-refractivity contribution in [1.82, 2.24) is 20.4 Å². The van der Waals surface area contributed by atoms with Gasteiger partial charge in [-0.2, -0.15) is 0 Å². The largest absolute Gasteiger partial charge is 0.335 e. The molecule has 0 saturated carbocycles. The molecule has 0 radical (unpaired) electrons. The van der Waals surface area contributed by atoms with E-state index in [-0.39, 0.29) is 18.4 Å². The fourth-order valence-electron chi connectivity index (χ4n) is 2.86. The van der Waals surface area contributed by atoms with Crippen LogP contribution in [-0.4, -0.2) is 60.4 Å². The Labute approximate surface area is 162 Å². The summed E-state index contributed by atoms with van der Waals surface area (Å²) in [5.41, 5.74) is 0.964. The summed E-state index contributed by atoms with van der Waals surface area (Å²) in [5, 5.41) is 6.89. The van der Waals surface area contributed by atoms with Crippen molar-refractivity contribution in [3.05, 3.63) is 58.3 Å². The Kier molecular flexibility index (Phi) is 6.56. The predicted octanol–water partition coefficient (Wildman–Crippen LogP) is 1.53. The summed E-state index contributed by atoms with van der Waals surface area (Å²) in [6, 6.07) is 12.7. The van der Waals surface area contributed by atoms with Crippen LogP contribution in [-0.2, 0) is 11.3 Å². The van der Waals surface area contributed by atoms with Crippen LogP contribution in [0.3, 0.4) is 0 Å². The van der Waals surface area contributed by atoms with Crippen LogP contribution in [0.1, 0.15) is 15.2 Å². The van der Waals surface area contributed by atoms with Crippen molar-refractivity contribution in [3.8, 4) is 0 Å². The summed E-state index contributed by atoms with van der Waals surface area (Å²) in [4.78, 5) is 40.7. The van der Waals surface area contributed by atoms with Gasteiger partial charge in [-0.05, 0) is 17.0 Å². The van der Waals surface area contributed by atoms with Gasteiger partial charge in [0.05, 0.1) is 11.4 Å². The second kappa shape index (κ2) is 9.29. The molecule has 3 rings (SSSR count). The molecule has 2 aromatic rings. The lowest BCUT2D eigenvalue weighted by atomic mass is 10.2. The Morgan fingerprint density at radius 2 is 1.70 bits per heavy atom. The fourth-order valence-corrected chi connectivity index (χ4v) is 3.55. The molecule has 7 nitrogen and oxygen atoms in total.